The first-order valence-electron chi connectivity index (χ1n) is 10.3. The number of fused-ring (bicyclic) bond motifs is 2. The number of oxazole rings is 1. The van der Waals surface area contributed by atoms with Gasteiger partial charge < -0.3 is 19.8 Å². The van der Waals surface area contributed by atoms with Crippen LogP contribution in [-0.4, -0.2) is 58.9 Å². The van der Waals surface area contributed by atoms with Crippen molar-refractivity contribution in [3.63, 3.8) is 0 Å². The van der Waals surface area contributed by atoms with Crippen LogP contribution in [0.15, 0.2) is 47.0 Å². The number of likely N-dealkylation sites (N-methyl/N-ethyl adjacent to an activating group) is 1. The lowest BCUT2D eigenvalue weighted by molar-refractivity contribution is -0.109. The van der Waals surface area contributed by atoms with Crippen molar-refractivity contribution in [1.82, 2.24) is 19.9 Å². The number of benzene rings is 2. The molecule has 0 spiro atoms. The van der Waals surface area contributed by atoms with Crippen LogP contribution < -0.4 is 10.6 Å². The van der Waals surface area contributed by atoms with Gasteiger partial charge in [-0.05, 0) is 49.2 Å². The molecule has 0 radical (unpaired) electrons. The Hall–Kier alpha value is -3.52. The predicted octanol–water partition coefficient (Wildman–Crippen LogP) is 3.37. The van der Waals surface area contributed by atoms with Crippen molar-refractivity contribution in [3.05, 3.63) is 42.6 Å². The second-order valence-corrected chi connectivity index (χ2v) is 7.84. The fraction of sp³-hybridized carbons (Fsp3) is 0.304. The third-order valence-electron chi connectivity index (χ3n) is 5.42. The number of anilines is 2. The van der Waals surface area contributed by atoms with Crippen LogP contribution in [0.5, 0.6) is 0 Å². The zero-order valence-electron chi connectivity index (χ0n) is 17.9. The van der Waals surface area contributed by atoms with E-state index in [0.717, 1.165) is 52.9 Å². The maximum absolute atomic E-state index is 10.9. The summed E-state index contributed by atoms with van der Waals surface area (Å²) in [6.07, 6.45) is 2.73. The van der Waals surface area contributed by atoms with E-state index in [2.05, 4.69) is 33.6 Å². The quantitative estimate of drug-likeness (QED) is 0.435. The van der Waals surface area contributed by atoms with Crippen LogP contribution in [0.2, 0.25) is 0 Å². The van der Waals surface area contributed by atoms with Crippen molar-refractivity contribution < 1.29 is 9.21 Å². The fourth-order valence-electron chi connectivity index (χ4n) is 3.54. The van der Waals surface area contributed by atoms with Crippen LogP contribution in [0, 0.1) is 0 Å². The normalized spacial score (nSPS) is 11.6. The molecular weight excluding hydrogens is 392 g/mol. The summed E-state index contributed by atoms with van der Waals surface area (Å²) in [5.74, 6) is 0.791. The SMILES string of the molecule is CC(C)N(CC=O)CCN(C)c1cnc2ccc(-c3ccc4oc(N)nc4c3)cc2n1. The Kier molecular flexibility index (Phi) is 5.81. The molecule has 0 aliphatic rings. The lowest BCUT2D eigenvalue weighted by atomic mass is 10.0. The number of nitrogen functional groups attached to an aromatic ring is 1. The first kappa shape index (κ1) is 20.7. The van der Waals surface area contributed by atoms with Gasteiger partial charge in [0.15, 0.2) is 5.58 Å². The Morgan fingerprint density at radius 2 is 1.77 bits per heavy atom. The molecule has 0 amide bonds. The average Bonchev–Trinajstić information content (AvgIpc) is 3.14. The van der Waals surface area contributed by atoms with Crippen molar-refractivity contribution in [2.75, 3.05) is 37.3 Å². The molecule has 0 aliphatic heterocycles. The number of hydrogen-bond donors (Lipinski definition) is 1. The van der Waals surface area contributed by atoms with E-state index in [9.17, 15) is 4.79 Å². The van der Waals surface area contributed by atoms with Gasteiger partial charge in [-0.3, -0.25) is 9.88 Å². The van der Waals surface area contributed by atoms with Crippen LogP contribution in [0.1, 0.15) is 13.8 Å². The van der Waals surface area contributed by atoms with Gasteiger partial charge in [-0.1, -0.05) is 12.1 Å². The highest BCUT2D eigenvalue weighted by Crippen LogP contribution is 2.27. The number of aromatic nitrogens is 3. The minimum atomic E-state index is 0.161. The highest BCUT2D eigenvalue weighted by molar-refractivity contribution is 5.86. The molecule has 2 aromatic carbocycles. The smallest absolute Gasteiger partial charge is 0.292 e. The summed E-state index contributed by atoms with van der Waals surface area (Å²) in [6, 6.07) is 12.3. The number of carbonyl (C=O) groups excluding carboxylic acids is 1. The summed E-state index contributed by atoms with van der Waals surface area (Å²) in [4.78, 5) is 28.7. The first-order valence-corrected chi connectivity index (χ1v) is 10.3. The van der Waals surface area contributed by atoms with E-state index in [-0.39, 0.29) is 6.01 Å². The zero-order chi connectivity index (χ0) is 22.0. The van der Waals surface area contributed by atoms with Crippen molar-refractivity contribution in [1.29, 1.82) is 0 Å². The average molecular weight is 419 g/mol. The van der Waals surface area contributed by atoms with Gasteiger partial charge in [0.2, 0.25) is 0 Å². The number of nitrogens with two attached hydrogens (primary N) is 1. The number of rotatable bonds is 8. The van der Waals surface area contributed by atoms with Crippen LogP contribution in [-0.2, 0) is 4.79 Å². The molecule has 8 nitrogen and oxygen atoms in total. The molecule has 0 aliphatic carbocycles. The Morgan fingerprint density at radius 1 is 1.03 bits per heavy atom. The highest BCUT2D eigenvalue weighted by Gasteiger charge is 2.12. The number of hydrogen-bond acceptors (Lipinski definition) is 8. The summed E-state index contributed by atoms with van der Waals surface area (Å²) in [6.45, 7) is 6.13. The van der Waals surface area contributed by atoms with Gasteiger partial charge >= 0.3 is 0 Å². The number of nitrogens with zero attached hydrogens (tertiary/aromatic N) is 5. The third-order valence-corrected chi connectivity index (χ3v) is 5.42. The standard InChI is InChI=1S/C23H26N6O2/c1-15(2)29(10-11-30)9-8-28(3)22-14-25-18-6-4-16(12-19(18)26-22)17-5-7-21-20(13-17)27-23(24)31-21/h4-7,11-15H,8-10H2,1-3H3,(H2,24,27). The van der Waals surface area contributed by atoms with Crippen molar-refractivity contribution in [2.45, 2.75) is 19.9 Å². The predicted molar refractivity (Wildman–Crippen MR) is 123 cm³/mol. The third kappa shape index (κ3) is 4.49. The Morgan fingerprint density at radius 3 is 2.52 bits per heavy atom. The largest absolute Gasteiger partial charge is 0.424 e. The fourth-order valence-corrected chi connectivity index (χ4v) is 3.54. The Balaban J connectivity index is 1.58. The van der Waals surface area contributed by atoms with E-state index >= 15 is 0 Å². The van der Waals surface area contributed by atoms with Gasteiger partial charge in [-0.15, -0.1) is 0 Å². The van der Waals surface area contributed by atoms with Gasteiger partial charge in [-0.2, -0.15) is 4.98 Å². The molecular formula is C23H26N6O2. The van der Waals surface area contributed by atoms with E-state index < -0.39 is 0 Å². The van der Waals surface area contributed by atoms with E-state index in [1.165, 1.54) is 0 Å². The zero-order valence-corrected chi connectivity index (χ0v) is 17.9. The topological polar surface area (TPSA) is 101 Å². The van der Waals surface area contributed by atoms with Gasteiger partial charge in [0.25, 0.3) is 6.01 Å². The van der Waals surface area contributed by atoms with E-state index in [0.29, 0.717) is 18.2 Å². The van der Waals surface area contributed by atoms with E-state index in [1.807, 2.05) is 43.4 Å². The number of aldehydes is 1. The number of carbonyl (C=O) groups is 1. The maximum atomic E-state index is 10.9. The minimum absolute atomic E-state index is 0.161. The second kappa shape index (κ2) is 8.69. The molecule has 4 rings (SSSR count). The highest BCUT2D eigenvalue weighted by atomic mass is 16.4. The molecule has 2 N–H and O–H groups in total. The minimum Gasteiger partial charge on any atom is -0.424 e. The van der Waals surface area contributed by atoms with Crippen LogP contribution in [0.25, 0.3) is 33.3 Å². The summed E-state index contributed by atoms with van der Waals surface area (Å²) >= 11 is 0. The molecule has 0 fully saturated rings. The van der Waals surface area contributed by atoms with Crippen molar-refractivity contribution in [2.24, 2.45) is 0 Å². The molecule has 0 unspecified atom stereocenters. The molecule has 4 aromatic rings. The van der Waals surface area contributed by atoms with Crippen molar-refractivity contribution >= 4 is 40.3 Å². The molecule has 2 heterocycles. The summed E-state index contributed by atoms with van der Waals surface area (Å²) in [5, 5.41) is 0. The van der Waals surface area contributed by atoms with Crippen LogP contribution in [0.4, 0.5) is 11.8 Å². The van der Waals surface area contributed by atoms with Crippen LogP contribution >= 0.6 is 0 Å². The monoisotopic (exact) mass is 418 g/mol. The molecule has 0 atom stereocenters. The lowest BCUT2D eigenvalue weighted by Crippen LogP contribution is -2.38. The Bertz CT molecular complexity index is 1220. The maximum Gasteiger partial charge on any atom is 0.292 e. The molecule has 8 heteroatoms. The summed E-state index contributed by atoms with van der Waals surface area (Å²) < 4.78 is 5.36. The molecule has 0 saturated heterocycles. The van der Waals surface area contributed by atoms with Gasteiger partial charge in [0.1, 0.15) is 17.6 Å². The molecule has 0 bridgehead atoms. The van der Waals surface area contributed by atoms with E-state index in [1.54, 1.807) is 6.20 Å². The van der Waals surface area contributed by atoms with Crippen molar-refractivity contribution in [3.8, 4) is 11.1 Å². The second-order valence-electron chi connectivity index (χ2n) is 7.84. The Labute approximate surface area is 180 Å². The summed E-state index contributed by atoms with van der Waals surface area (Å²) in [7, 11) is 1.99. The van der Waals surface area contributed by atoms with E-state index in [4.69, 9.17) is 15.1 Å². The molecule has 31 heavy (non-hydrogen) atoms. The molecule has 160 valence electrons. The van der Waals surface area contributed by atoms with Gasteiger partial charge in [0.05, 0.1) is 23.8 Å². The van der Waals surface area contributed by atoms with Gasteiger partial charge in [0, 0.05) is 26.2 Å². The lowest BCUT2D eigenvalue weighted by Gasteiger charge is -2.27. The van der Waals surface area contributed by atoms with Crippen LogP contribution in [0.3, 0.4) is 0 Å². The first-order chi connectivity index (χ1) is 14.9. The summed E-state index contributed by atoms with van der Waals surface area (Å²) in [5.41, 5.74) is 10.7. The molecule has 2 aromatic heterocycles. The van der Waals surface area contributed by atoms with Gasteiger partial charge in [-0.25, -0.2) is 4.98 Å². The molecule has 0 saturated carbocycles.